The molecule has 29 heavy (non-hydrogen) atoms. The van der Waals surface area contributed by atoms with Crippen molar-refractivity contribution in [2.45, 2.75) is 45.9 Å². The fourth-order valence-electron chi connectivity index (χ4n) is 2.82. The van der Waals surface area contributed by atoms with Crippen LogP contribution in [0.3, 0.4) is 0 Å². The van der Waals surface area contributed by atoms with Crippen LogP contribution in [-0.2, 0) is 6.61 Å². The van der Waals surface area contributed by atoms with Gasteiger partial charge in [-0.15, -0.1) is 0 Å². The number of amides is 1. The Morgan fingerprint density at radius 2 is 1.93 bits per heavy atom. The van der Waals surface area contributed by atoms with Crippen LogP contribution in [0.1, 0.15) is 42.5 Å². The van der Waals surface area contributed by atoms with E-state index in [2.05, 4.69) is 10.3 Å². The minimum atomic E-state index is -0.843. The van der Waals surface area contributed by atoms with Gasteiger partial charge in [0.25, 0.3) is 5.91 Å². The standard InChI is InChI=1S/C21H23F2N3O3/c1-12-18(20(28)25-21(3,4)13(2)27)26-10-6-9-17(19(26)24-12)29-11-14-15(22)7-5-8-16(14)23/h5-10,13,27H,11H2,1-4H3,(H,25,28). The zero-order valence-corrected chi connectivity index (χ0v) is 16.7. The molecule has 8 heteroatoms. The van der Waals surface area contributed by atoms with Crippen molar-refractivity contribution in [2.24, 2.45) is 0 Å². The summed E-state index contributed by atoms with van der Waals surface area (Å²) in [6.45, 7) is 6.38. The third-order valence-electron chi connectivity index (χ3n) is 4.92. The summed E-state index contributed by atoms with van der Waals surface area (Å²) in [6, 6.07) is 6.87. The number of pyridine rings is 1. The van der Waals surface area contributed by atoms with E-state index in [1.165, 1.54) is 6.07 Å². The molecule has 2 N–H and O–H groups in total. The minimum Gasteiger partial charge on any atom is -0.485 e. The number of carbonyl (C=O) groups excluding carboxylic acids is 1. The molecule has 1 unspecified atom stereocenters. The molecule has 0 radical (unpaired) electrons. The molecule has 3 rings (SSSR count). The van der Waals surface area contributed by atoms with Crippen molar-refractivity contribution in [2.75, 3.05) is 0 Å². The molecule has 1 aromatic carbocycles. The first kappa shape index (κ1) is 20.7. The van der Waals surface area contributed by atoms with Gasteiger partial charge in [-0.3, -0.25) is 9.20 Å². The monoisotopic (exact) mass is 403 g/mol. The lowest BCUT2D eigenvalue weighted by atomic mass is 9.98. The van der Waals surface area contributed by atoms with E-state index >= 15 is 0 Å². The first-order chi connectivity index (χ1) is 13.6. The molecule has 2 aromatic heterocycles. The van der Waals surface area contributed by atoms with E-state index in [4.69, 9.17) is 4.74 Å². The molecule has 0 aliphatic heterocycles. The van der Waals surface area contributed by atoms with Crippen molar-refractivity contribution in [3.63, 3.8) is 0 Å². The number of nitrogens with zero attached hydrogens (tertiary/aromatic N) is 2. The molecule has 6 nitrogen and oxygen atoms in total. The zero-order valence-electron chi connectivity index (χ0n) is 16.7. The van der Waals surface area contributed by atoms with Crippen LogP contribution in [0.2, 0.25) is 0 Å². The van der Waals surface area contributed by atoms with E-state index in [0.717, 1.165) is 12.1 Å². The summed E-state index contributed by atoms with van der Waals surface area (Å²) in [7, 11) is 0. The maximum absolute atomic E-state index is 13.8. The van der Waals surface area contributed by atoms with E-state index < -0.39 is 29.2 Å². The summed E-state index contributed by atoms with van der Waals surface area (Å²) < 4.78 is 34.9. The quantitative estimate of drug-likeness (QED) is 0.662. The van der Waals surface area contributed by atoms with Crippen molar-refractivity contribution in [3.8, 4) is 5.75 Å². The number of hydrogen-bond donors (Lipinski definition) is 2. The molecule has 0 saturated carbocycles. The Balaban J connectivity index is 1.93. The van der Waals surface area contributed by atoms with Gasteiger partial charge in [0.05, 0.1) is 22.9 Å². The van der Waals surface area contributed by atoms with Crippen molar-refractivity contribution in [1.82, 2.24) is 14.7 Å². The second-order valence-corrected chi connectivity index (χ2v) is 7.45. The Morgan fingerprint density at radius 1 is 1.28 bits per heavy atom. The maximum Gasteiger partial charge on any atom is 0.270 e. The molecule has 154 valence electrons. The molecule has 1 amide bonds. The summed E-state index contributed by atoms with van der Waals surface area (Å²) in [5, 5.41) is 12.7. The number of aryl methyl sites for hydroxylation is 1. The van der Waals surface area contributed by atoms with Gasteiger partial charge < -0.3 is 15.2 Å². The predicted molar refractivity (Wildman–Crippen MR) is 104 cm³/mol. The molecule has 0 aliphatic rings. The smallest absolute Gasteiger partial charge is 0.270 e. The van der Waals surface area contributed by atoms with E-state index in [9.17, 15) is 18.7 Å². The van der Waals surface area contributed by atoms with Gasteiger partial charge in [0, 0.05) is 6.20 Å². The van der Waals surface area contributed by atoms with Crippen LogP contribution in [0.4, 0.5) is 8.78 Å². The topological polar surface area (TPSA) is 75.9 Å². The molecule has 3 aromatic rings. The molecule has 0 bridgehead atoms. The van der Waals surface area contributed by atoms with Gasteiger partial charge in [0.2, 0.25) is 0 Å². The molecule has 0 aliphatic carbocycles. The third-order valence-corrected chi connectivity index (χ3v) is 4.92. The normalized spacial score (nSPS) is 12.8. The number of aliphatic hydroxyl groups excluding tert-OH is 1. The molecular formula is C21H23F2N3O3. The molecule has 1 atom stereocenters. The lowest BCUT2D eigenvalue weighted by molar-refractivity contribution is 0.0704. The highest BCUT2D eigenvalue weighted by atomic mass is 19.1. The number of benzene rings is 1. The molecule has 0 spiro atoms. The summed E-state index contributed by atoms with van der Waals surface area (Å²) in [6.07, 6.45) is 0.886. The van der Waals surface area contributed by atoms with E-state index in [-0.39, 0.29) is 23.6 Å². The Hall–Kier alpha value is -3.00. The first-order valence-electron chi connectivity index (χ1n) is 9.15. The number of rotatable bonds is 6. The van der Waals surface area contributed by atoms with Crippen molar-refractivity contribution < 1.29 is 23.4 Å². The Kier molecular flexibility index (Phi) is 5.57. The lowest BCUT2D eigenvalue weighted by Gasteiger charge is -2.29. The summed E-state index contributed by atoms with van der Waals surface area (Å²) in [5.41, 5.74) is 0.0638. The number of hydrogen-bond acceptors (Lipinski definition) is 4. The number of imidazole rings is 1. The van der Waals surface area contributed by atoms with Gasteiger partial charge in [0.15, 0.2) is 11.4 Å². The maximum atomic E-state index is 13.8. The summed E-state index contributed by atoms with van der Waals surface area (Å²) in [5.74, 6) is -1.51. The van der Waals surface area contributed by atoms with Gasteiger partial charge in [-0.1, -0.05) is 6.07 Å². The lowest BCUT2D eigenvalue weighted by Crippen LogP contribution is -2.51. The Morgan fingerprint density at radius 3 is 2.55 bits per heavy atom. The number of aromatic nitrogens is 2. The molecular weight excluding hydrogens is 380 g/mol. The second kappa shape index (κ2) is 7.79. The summed E-state index contributed by atoms with van der Waals surface area (Å²) in [4.78, 5) is 17.2. The van der Waals surface area contributed by atoms with Crippen LogP contribution in [0, 0.1) is 18.6 Å². The number of fused-ring (bicyclic) bond motifs is 1. The van der Waals surface area contributed by atoms with E-state index in [1.54, 1.807) is 50.4 Å². The SMILES string of the molecule is Cc1nc2c(OCc3c(F)cccc3F)cccn2c1C(=O)NC(C)(C)C(C)O. The largest absolute Gasteiger partial charge is 0.485 e. The highest BCUT2D eigenvalue weighted by Crippen LogP contribution is 2.24. The first-order valence-corrected chi connectivity index (χ1v) is 9.15. The molecule has 2 heterocycles. The zero-order chi connectivity index (χ0) is 21.3. The van der Waals surface area contributed by atoms with Crippen LogP contribution >= 0.6 is 0 Å². The van der Waals surface area contributed by atoms with Crippen molar-refractivity contribution >= 4 is 11.6 Å². The number of carbonyl (C=O) groups is 1. The predicted octanol–water partition coefficient (Wildman–Crippen LogP) is 3.39. The van der Waals surface area contributed by atoms with Crippen LogP contribution < -0.4 is 10.1 Å². The van der Waals surface area contributed by atoms with Crippen molar-refractivity contribution in [3.05, 3.63) is 65.1 Å². The molecule has 0 fully saturated rings. The van der Waals surface area contributed by atoms with Gasteiger partial charge in [-0.2, -0.15) is 0 Å². The number of ether oxygens (including phenoxy) is 1. The van der Waals surface area contributed by atoms with Gasteiger partial charge >= 0.3 is 0 Å². The van der Waals surface area contributed by atoms with Gasteiger partial charge in [0.1, 0.15) is 23.9 Å². The summed E-state index contributed by atoms with van der Waals surface area (Å²) >= 11 is 0. The van der Waals surface area contributed by atoms with Gasteiger partial charge in [-0.05, 0) is 52.0 Å². The third kappa shape index (κ3) is 4.07. The molecule has 0 saturated heterocycles. The number of nitrogens with one attached hydrogen (secondary N) is 1. The average molecular weight is 403 g/mol. The van der Waals surface area contributed by atoms with E-state index in [0.29, 0.717) is 11.3 Å². The average Bonchev–Trinajstić information content (AvgIpc) is 2.97. The van der Waals surface area contributed by atoms with Gasteiger partial charge in [-0.25, -0.2) is 13.8 Å². The fraction of sp³-hybridized carbons (Fsp3) is 0.333. The minimum absolute atomic E-state index is 0.186. The second-order valence-electron chi connectivity index (χ2n) is 7.45. The highest BCUT2D eigenvalue weighted by molar-refractivity contribution is 5.95. The van der Waals surface area contributed by atoms with Crippen LogP contribution in [0.5, 0.6) is 5.75 Å². The highest BCUT2D eigenvalue weighted by Gasteiger charge is 2.29. The number of halogens is 2. The fourth-order valence-corrected chi connectivity index (χ4v) is 2.82. The van der Waals surface area contributed by atoms with Crippen LogP contribution in [0.15, 0.2) is 36.5 Å². The Labute approximate surface area is 167 Å². The number of aliphatic hydroxyl groups is 1. The van der Waals surface area contributed by atoms with E-state index in [1.807, 2.05) is 0 Å². The van der Waals surface area contributed by atoms with Crippen LogP contribution in [0.25, 0.3) is 5.65 Å². The van der Waals surface area contributed by atoms with Crippen molar-refractivity contribution in [1.29, 1.82) is 0 Å². The Bertz CT molecular complexity index is 1040. The van der Waals surface area contributed by atoms with Crippen LogP contribution in [-0.4, -0.2) is 32.0 Å².